The predicted octanol–water partition coefficient (Wildman–Crippen LogP) is 3.50. The molecule has 0 radical (unpaired) electrons. The van der Waals surface area contributed by atoms with Gasteiger partial charge in [-0.25, -0.2) is 4.79 Å². The molecule has 1 N–H and O–H groups in total. The van der Waals surface area contributed by atoms with Crippen LogP contribution in [-0.2, 0) is 9.53 Å². The van der Waals surface area contributed by atoms with Gasteiger partial charge in [-0.2, -0.15) is 0 Å². The number of methoxy groups -OCH3 is 1. The summed E-state index contributed by atoms with van der Waals surface area (Å²) in [6, 6.07) is 12.4. The van der Waals surface area contributed by atoms with Gasteiger partial charge in [-0.15, -0.1) is 0 Å². The van der Waals surface area contributed by atoms with Crippen molar-refractivity contribution in [1.82, 2.24) is 0 Å². The first-order chi connectivity index (χ1) is 11.4. The van der Waals surface area contributed by atoms with Gasteiger partial charge in [0.1, 0.15) is 11.3 Å². The zero-order valence-corrected chi connectivity index (χ0v) is 14.3. The minimum atomic E-state index is -0.928. The molecule has 0 aliphatic heterocycles. The molecule has 0 aromatic heterocycles. The number of carbonyl (C=O) groups is 2. The Morgan fingerprint density at radius 1 is 1.08 bits per heavy atom. The zero-order chi connectivity index (χ0) is 17.7. The number of esters is 1. The van der Waals surface area contributed by atoms with Gasteiger partial charge < -0.3 is 14.8 Å². The first-order valence-electron chi connectivity index (χ1n) is 7.64. The number of hydrogen-bond donors (Lipinski definition) is 1. The van der Waals surface area contributed by atoms with Crippen molar-refractivity contribution in [3.8, 4) is 5.75 Å². The van der Waals surface area contributed by atoms with Crippen LogP contribution in [0.25, 0.3) is 0 Å². The Labute approximate surface area is 141 Å². The maximum absolute atomic E-state index is 12.3. The number of rotatable bonds is 5. The molecular formula is C19H21NO4. The number of amides is 1. The lowest BCUT2D eigenvalue weighted by molar-refractivity contribution is -0.123. The molecule has 0 saturated carbocycles. The van der Waals surface area contributed by atoms with E-state index in [1.807, 2.05) is 32.0 Å². The minimum Gasteiger partial charge on any atom is -0.496 e. The predicted molar refractivity (Wildman–Crippen MR) is 92.4 cm³/mol. The molecule has 2 aromatic carbocycles. The van der Waals surface area contributed by atoms with Crippen LogP contribution >= 0.6 is 0 Å². The SMILES string of the molecule is COc1ccccc1C(=O)O[C@H](C)C(=O)Nc1ccc(C)cc1C. The summed E-state index contributed by atoms with van der Waals surface area (Å²) in [4.78, 5) is 24.5. The number of aryl methyl sites for hydroxylation is 2. The standard InChI is InChI=1S/C19H21NO4/c1-12-9-10-16(13(2)11-12)20-18(21)14(3)24-19(22)15-7-5-6-8-17(15)23-4/h5-11,14H,1-4H3,(H,20,21)/t14-/m1/s1. The van der Waals surface area contributed by atoms with E-state index in [0.717, 1.165) is 11.1 Å². The fraction of sp³-hybridized carbons (Fsp3) is 0.263. The highest BCUT2D eigenvalue weighted by Crippen LogP contribution is 2.20. The van der Waals surface area contributed by atoms with Crippen LogP contribution in [0.4, 0.5) is 5.69 Å². The molecule has 24 heavy (non-hydrogen) atoms. The second kappa shape index (κ2) is 7.64. The highest BCUT2D eigenvalue weighted by atomic mass is 16.5. The molecule has 0 aliphatic carbocycles. The van der Waals surface area contributed by atoms with Crippen molar-refractivity contribution in [3.05, 3.63) is 59.2 Å². The quantitative estimate of drug-likeness (QED) is 0.854. The van der Waals surface area contributed by atoms with Crippen LogP contribution in [0.5, 0.6) is 5.75 Å². The Bertz CT molecular complexity index is 755. The summed E-state index contributed by atoms with van der Waals surface area (Å²) in [5.41, 5.74) is 3.05. The van der Waals surface area contributed by atoms with Gasteiger partial charge in [0, 0.05) is 5.69 Å². The highest BCUT2D eigenvalue weighted by molar-refractivity contribution is 5.98. The van der Waals surface area contributed by atoms with E-state index in [4.69, 9.17) is 9.47 Å². The summed E-state index contributed by atoms with van der Waals surface area (Å²) >= 11 is 0. The van der Waals surface area contributed by atoms with E-state index in [2.05, 4.69) is 5.32 Å². The summed E-state index contributed by atoms with van der Waals surface area (Å²) in [5, 5.41) is 2.78. The van der Waals surface area contributed by atoms with Crippen LogP contribution in [0, 0.1) is 13.8 Å². The molecule has 5 nitrogen and oxygen atoms in total. The maximum Gasteiger partial charge on any atom is 0.342 e. The van der Waals surface area contributed by atoms with E-state index in [0.29, 0.717) is 11.4 Å². The number of nitrogens with one attached hydrogen (secondary N) is 1. The Morgan fingerprint density at radius 3 is 2.46 bits per heavy atom. The van der Waals surface area contributed by atoms with E-state index < -0.39 is 12.1 Å². The Kier molecular flexibility index (Phi) is 5.58. The second-order valence-corrected chi connectivity index (χ2v) is 5.56. The molecular weight excluding hydrogens is 306 g/mol. The Morgan fingerprint density at radius 2 is 1.79 bits per heavy atom. The molecule has 1 atom stereocenters. The third kappa shape index (κ3) is 4.13. The lowest BCUT2D eigenvalue weighted by atomic mass is 10.1. The number of benzene rings is 2. The minimum absolute atomic E-state index is 0.283. The second-order valence-electron chi connectivity index (χ2n) is 5.56. The average Bonchev–Trinajstić information content (AvgIpc) is 2.57. The molecule has 0 heterocycles. The van der Waals surface area contributed by atoms with E-state index in [1.54, 1.807) is 24.3 Å². The number of anilines is 1. The van der Waals surface area contributed by atoms with Crippen LogP contribution in [-0.4, -0.2) is 25.1 Å². The third-order valence-corrected chi connectivity index (χ3v) is 3.62. The third-order valence-electron chi connectivity index (χ3n) is 3.62. The molecule has 1 amide bonds. The van der Waals surface area contributed by atoms with Crippen molar-refractivity contribution < 1.29 is 19.1 Å². The van der Waals surface area contributed by atoms with Gasteiger partial charge in [0.25, 0.3) is 5.91 Å². The van der Waals surface area contributed by atoms with E-state index in [-0.39, 0.29) is 11.5 Å². The van der Waals surface area contributed by atoms with Crippen LogP contribution in [0.15, 0.2) is 42.5 Å². The topological polar surface area (TPSA) is 64.6 Å². The van der Waals surface area contributed by atoms with Crippen molar-refractivity contribution in [1.29, 1.82) is 0 Å². The summed E-state index contributed by atoms with van der Waals surface area (Å²) in [6.07, 6.45) is -0.928. The van der Waals surface area contributed by atoms with E-state index >= 15 is 0 Å². The summed E-state index contributed by atoms with van der Waals surface area (Å²) in [6.45, 7) is 5.43. The number of hydrogen-bond acceptors (Lipinski definition) is 4. The van der Waals surface area contributed by atoms with Crippen LogP contribution in [0.3, 0.4) is 0 Å². The van der Waals surface area contributed by atoms with Crippen LogP contribution < -0.4 is 10.1 Å². The van der Waals surface area contributed by atoms with Crippen LogP contribution in [0.1, 0.15) is 28.4 Å². The molecule has 126 valence electrons. The molecule has 0 spiro atoms. The van der Waals surface area contributed by atoms with Crippen molar-refractivity contribution in [2.45, 2.75) is 26.9 Å². The number of carbonyl (C=O) groups excluding carboxylic acids is 2. The van der Waals surface area contributed by atoms with Crippen molar-refractivity contribution in [2.75, 3.05) is 12.4 Å². The smallest absolute Gasteiger partial charge is 0.342 e. The average molecular weight is 327 g/mol. The monoisotopic (exact) mass is 327 g/mol. The number of para-hydroxylation sites is 1. The van der Waals surface area contributed by atoms with E-state index in [1.165, 1.54) is 14.0 Å². The van der Waals surface area contributed by atoms with Gasteiger partial charge in [-0.3, -0.25) is 4.79 Å². The largest absolute Gasteiger partial charge is 0.496 e. The van der Waals surface area contributed by atoms with Crippen LogP contribution in [0.2, 0.25) is 0 Å². The zero-order valence-electron chi connectivity index (χ0n) is 14.3. The fourth-order valence-corrected chi connectivity index (χ4v) is 2.28. The van der Waals surface area contributed by atoms with Crippen molar-refractivity contribution in [3.63, 3.8) is 0 Å². The molecule has 5 heteroatoms. The lowest BCUT2D eigenvalue weighted by Crippen LogP contribution is -2.30. The van der Waals surface area contributed by atoms with Crippen molar-refractivity contribution in [2.24, 2.45) is 0 Å². The van der Waals surface area contributed by atoms with Gasteiger partial charge in [-0.1, -0.05) is 29.8 Å². The maximum atomic E-state index is 12.3. The van der Waals surface area contributed by atoms with Gasteiger partial charge in [0.05, 0.1) is 7.11 Å². The Balaban J connectivity index is 2.04. The normalized spacial score (nSPS) is 11.5. The first kappa shape index (κ1) is 17.5. The molecule has 0 aliphatic rings. The molecule has 0 unspecified atom stereocenters. The van der Waals surface area contributed by atoms with Gasteiger partial charge in [0.2, 0.25) is 0 Å². The molecule has 0 fully saturated rings. The van der Waals surface area contributed by atoms with Gasteiger partial charge in [0.15, 0.2) is 6.10 Å². The fourth-order valence-electron chi connectivity index (χ4n) is 2.28. The molecule has 2 rings (SSSR count). The lowest BCUT2D eigenvalue weighted by Gasteiger charge is -2.16. The summed E-state index contributed by atoms with van der Waals surface area (Å²) < 4.78 is 10.4. The molecule has 0 bridgehead atoms. The molecule has 0 saturated heterocycles. The number of ether oxygens (including phenoxy) is 2. The summed E-state index contributed by atoms with van der Waals surface area (Å²) in [7, 11) is 1.47. The van der Waals surface area contributed by atoms with Gasteiger partial charge in [-0.05, 0) is 44.5 Å². The highest BCUT2D eigenvalue weighted by Gasteiger charge is 2.21. The summed E-state index contributed by atoms with van der Waals surface area (Å²) in [5.74, 6) is -0.578. The van der Waals surface area contributed by atoms with E-state index in [9.17, 15) is 9.59 Å². The first-order valence-corrected chi connectivity index (χ1v) is 7.64. The van der Waals surface area contributed by atoms with Crippen molar-refractivity contribution >= 4 is 17.6 Å². The van der Waals surface area contributed by atoms with Gasteiger partial charge >= 0.3 is 5.97 Å². The Hall–Kier alpha value is -2.82. The molecule has 2 aromatic rings.